The molecule has 2 aromatic carbocycles. The van der Waals surface area contributed by atoms with Crippen molar-refractivity contribution in [3.8, 4) is 5.75 Å². The van der Waals surface area contributed by atoms with E-state index in [0.29, 0.717) is 11.5 Å². The van der Waals surface area contributed by atoms with Crippen LogP contribution in [0.2, 0.25) is 10.0 Å². The highest BCUT2D eigenvalue weighted by Gasteiger charge is 2.40. The maximum absolute atomic E-state index is 13.0. The first kappa shape index (κ1) is 15.8. The average molecular weight is 362 g/mol. The highest BCUT2D eigenvalue weighted by atomic mass is 35.5. The number of hydrogen-bond donors (Lipinski definition) is 1. The predicted molar refractivity (Wildman–Crippen MR) is 95.1 cm³/mol. The maximum atomic E-state index is 13.0. The van der Waals surface area contributed by atoms with E-state index < -0.39 is 0 Å². The van der Waals surface area contributed by atoms with Gasteiger partial charge in [0, 0.05) is 24.1 Å². The summed E-state index contributed by atoms with van der Waals surface area (Å²) in [7, 11) is 0. The van der Waals surface area contributed by atoms with Gasteiger partial charge in [0.2, 0.25) is 0 Å². The number of aromatic hydroxyl groups is 1. The minimum Gasteiger partial charge on any atom is -0.505 e. The van der Waals surface area contributed by atoms with Crippen molar-refractivity contribution in [2.75, 3.05) is 6.54 Å². The second kappa shape index (κ2) is 5.98. The van der Waals surface area contributed by atoms with Crippen molar-refractivity contribution in [2.24, 2.45) is 0 Å². The van der Waals surface area contributed by atoms with Gasteiger partial charge >= 0.3 is 0 Å². The molecule has 2 aromatic rings. The first-order valence-corrected chi connectivity index (χ1v) is 8.88. The zero-order chi connectivity index (χ0) is 16.8. The van der Waals surface area contributed by atoms with E-state index in [1.807, 2.05) is 4.90 Å². The number of nitrogens with zero attached hydrogens (tertiary/aromatic N) is 1. The van der Waals surface area contributed by atoms with Crippen molar-refractivity contribution in [1.82, 2.24) is 4.90 Å². The smallest absolute Gasteiger partial charge is 0.254 e. The number of benzene rings is 2. The molecule has 1 amide bonds. The lowest BCUT2D eigenvalue weighted by atomic mass is 9.88. The van der Waals surface area contributed by atoms with Gasteiger partial charge in [0.25, 0.3) is 5.91 Å². The van der Waals surface area contributed by atoms with Crippen LogP contribution in [0.1, 0.15) is 40.2 Å². The Balaban J connectivity index is 1.66. The van der Waals surface area contributed by atoms with Crippen LogP contribution in [0.3, 0.4) is 0 Å². The Morgan fingerprint density at radius 1 is 1.17 bits per heavy atom. The molecule has 1 saturated heterocycles. The third kappa shape index (κ3) is 2.47. The van der Waals surface area contributed by atoms with Gasteiger partial charge in [-0.05, 0) is 42.5 Å². The molecular formula is C19H17Cl2NO2. The number of piperidine rings is 1. The Morgan fingerprint density at radius 2 is 1.88 bits per heavy atom. The lowest BCUT2D eigenvalue weighted by Crippen LogP contribution is -2.46. The highest BCUT2D eigenvalue weighted by Crippen LogP contribution is 2.43. The number of hydrogen-bond acceptors (Lipinski definition) is 2. The van der Waals surface area contributed by atoms with Crippen LogP contribution in [-0.2, 0) is 6.42 Å². The molecule has 5 heteroatoms. The van der Waals surface area contributed by atoms with Crippen LogP contribution in [0.4, 0.5) is 0 Å². The second-order valence-corrected chi connectivity index (χ2v) is 7.32. The van der Waals surface area contributed by atoms with Gasteiger partial charge in [-0.1, -0.05) is 47.5 Å². The number of halogens is 2. The van der Waals surface area contributed by atoms with E-state index in [4.69, 9.17) is 23.2 Å². The summed E-state index contributed by atoms with van der Waals surface area (Å²) in [6.07, 6.45) is 3.00. The van der Waals surface area contributed by atoms with Gasteiger partial charge in [0.1, 0.15) is 0 Å². The Hall–Kier alpha value is -1.71. The molecule has 1 N–H and O–H groups in total. The van der Waals surface area contributed by atoms with E-state index in [2.05, 4.69) is 24.3 Å². The lowest BCUT2D eigenvalue weighted by molar-refractivity contribution is 0.0595. The topological polar surface area (TPSA) is 40.5 Å². The number of fused-ring (bicyclic) bond motifs is 3. The molecule has 1 aliphatic carbocycles. The molecule has 0 unspecified atom stereocenters. The minimum absolute atomic E-state index is 0.0682. The number of likely N-dealkylation sites (tertiary alicyclic amines) is 1. The summed E-state index contributed by atoms with van der Waals surface area (Å²) in [6.45, 7) is 0.740. The van der Waals surface area contributed by atoms with Crippen molar-refractivity contribution in [3.05, 3.63) is 63.1 Å². The van der Waals surface area contributed by atoms with E-state index in [9.17, 15) is 9.90 Å². The fourth-order valence-corrected chi connectivity index (χ4v) is 4.57. The fraction of sp³-hybridized carbons (Fsp3) is 0.316. The van der Waals surface area contributed by atoms with E-state index >= 15 is 0 Å². The summed E-state index contributed by atoms with van der Waals surface area (Å²) in [5.41, 5.74) is 3.15. The molecule has 0 spiro atoms. The Bertz CT molecular complexity index is 798. The van der Waals surface area contributed by atoms with Crippen molar-refractivity contribution < 1.29 is 9.90 Å². The Kier molecular flexibility index (Phi) is 3.93. The monoisotopic (exact) mass is 361 g/mol. The SMILES string of the molecule is O=C(c1cc(Cl)c(O)c(Cl)c1)N1CCC[C@H]2c3ccccc3C[C@H]21. The summed E-state index contributed by atoms with van der Waals surface area (Å²) in [5.74, 6) is 0.156. The molecule has 2 aliphatic rings. The summed E-state index contributed by atoms with van der Waals surface area (Å²) in [5, 5.41) is 9.91. The van der Waals surface area contributed by atoms with Gasteiger partial charge < -0.3 is 10.0 Å². The predicted octanol–water partition coefficient (Wildman–Crippen LogP) is 4.64. The largest absolute Gasteiger partial charge is 0.505 e. The third-order valence-electron chi connectivity index (χ3n) is 5.19. The van der Waals surface area contributed by atoms with Crippen molar-refractivity contribution in [3.63, 3.8) is 0 Å². The molecule has 24 heavy (non-hydrogen) atoms. The standard InChI is InChI=1S/C19H17Cl2NO2/c20-15-8-12(9-16(21)18(15)23)19(24)22-7-3-6-14-13-5-2-1-4-11(13)10-17(14)22/h1-2,4-5,8-9,14,17,23H,3,6-7,10H2/t14-,17+/m0/s1. The molecule has 0 saturated carbocycles. The molecule has 4 rings (SSSR count). The van der Waals surface area contributed by atoms with Crippen LogP contribution in [-0.4, -0.2) is 28.5 Å². The van der Waals surface area contributed by atoms with Crippen LogP contribution >= 0.6 is 23.2 Å². The van der Waals surface area contributed by atoms with Gasteiger partial charge in [0.15, 0.2) is 5.75 Å². The number of rotatable bonds is 1. The van der Waals surface area contributed by atoms with E-state index in [1.54, 1.807) is 0 Å². The van der Waals surface area contributed by atoms with Crippen LogP contribution in [0.5, 0.6) is 5.75 Å². The highest BCUT2D eigenvalue weighted by molar-refractivity contribution is 6.37. The summed E-state index contributed by atoms with van der Waals surface area (Å²) >= 11 is 12.0. The number of carbonyl (C=O) groups excluding carboxylic acids is 1. The van der Waals surface area contributed by atoms with Gasteiger partial charge in [-0.25, -0.2) is 0 Å². The fourth-order valence-electron chi connectivity index (χ4n) is 4.09. The third-order valence-corrected chi connectivity index (χ3v) is 5.76. The van der Waals surface area contributed by atoms with Crippen LogP contribution in [0.25, 0.3) is 0 Å². The molecule has 1 aliphatic heterocycles. The Labute approximate surface area is 150 Å². The molecule has 1 fully saturated rings. The number of phenols is 1. The summed E-state index contributed by atoms with van der Waals surface area (Å²) in [6, 6.07) is 11.7. The van der Waals surface area contributed by atoms with Gasteiger partial charge in [-0.3, -0.25) is 4.79 Å². The Morgan fingerprint density at radius 3 is 2.62 bits per heavy atom. The van der Waals surface area contributed by atoms with Crippen molar-refractivity contribution in [2.45, 2.75) is 31.2 Å². The normalized spacial score (nSPS) is 22.2. The molecular weight excluding hydrogens is 345 g/mol. The molecule has 1 heterocycles. The van der Waals surface area contributed by atoms with Crippen LogP contribution in [0.15, 0.2) is 36.4 Å². The summed E-state index contributed by atoms with van der Waals surface area (Å²) < 4.78 is 0. The average Bonchev–Trinajstić information content (AvgIpc) is 2.97. The molecule has 0 bridgehead atoms. The van der Waals surface area contributed by atoms with E-state index in [-0.39, 0.29) is 27.7 Å². The molecule has 0 aromatic heterocycles. The lowest BCUT2D eigenvalue weighted by Gasteiger charge is -2.38. The van der Waals surface area contributed by atoms with Gasteiger partial charge in [0.05, 0.1) is 10.0 Å². The zero-order valence-corrected chi connectivity index (χ0v) is 14.5. The zero-order valence-electron chi connectivity index (χ0n) is 13.0. The van der Waals surface area contributed by atoms with Gasteiger partial charge in [-0.15, -0.1) is 0 Å². The molecule has 2 atom stereocenters. The van der Waals surface area contributed by atoms with Crippen molar-refractivity contribution in [1.29, 1.82) is 0 Å². The quantitative estimate of drug-likeness (QED) is 0.803. The van der Waals surface area contributed by atoms with Crippen molar-refractivity contribution >= 4 is 29.1 Å². The van der Waals surface area contributed by atoms with E-state index in [0.717, 1.165) is 25.8 Å². The first-order valence-electron chi connectivity index (χ1n) is 8.13. The molecule has 0 radical (unpaired) electrons. The van der Waals surface area contributed by atoms with Crippen LogP contribution in [0, 0.1) is 0 Å². The van der Waals surface area contributed by atoms with Crippen LogP contribution < -0.4 is 0 Å². The number of amides is 1. The number of phenolic OH excluding ortho intramolecular Hbond substituents is 1. The summed E-state index contributed by atoms with van der Waals surface area (Å²) in [4.78, 5) is 15.0. The minimum atomic E-state index is -0.181. The second-order valence-electron chi connectivity index (χ2n) is 6.51. The first-order chi connectivity index (χ1) is 11.6. The maximum Gasteiger partial charge on any atom is 0.254 e. The number of carbonyl (C=O) groups is 1. The van der Waals surface area contributed by atoms with Gasteiger partial charge in [-0.2, -0.15) is 0 Å². The van der Waals surface area contributed by atoms with E-state index in [1.165, 1.54) is 23.3 Å². The molecule has 124 valence electrons. The molecule has 3 nitrogen and oxygen atoms in total.